The molecule has 218 valence electrons. The second-order valence-electron chi connectivity index (χ2n) is 9.46. The molecule has 0 aliphatic carbocycles. The molecule has 0 radical (unpaired) electrons. The van der Waals surface area contributed by atoms with E-state index < -0.39 is 54.5 Å². The number of benzene rings is 2. The Morgan fingerprint density at radius 2 is 1.57 bits per heavy atom. The fraction of sp³-hybridized carbons (Fsp3) is 0.448. The molecule has 1 amide bonds. The summed E-state index contributed by atoms with van der Waals surface area (Å²) in [6.45, 7) is 4.76. The molecule has 0 heterocycles. The number of aryl methyl sites for hydroxylation is 1. The van der Waals surface area contributed by atoms with E-state index >= 15 is 0 Å². The van der Waals surface area contributed by atoms with Crippen LogP contribution in [0.3, 0.4) is 0 Å². The number of nitrogens with one attached hydrogen (secondary N) is 1. The van der Waals surface area contributed by atoms with Crippen molar-refractivity contribution in [2.45, 2.75) is 72.1 Å². The molecular weight excluding hydrogens is 581 g/mol. The van der Waals surface area contributed by atoms with E-state index in [1.807, 2.05) is 12.1 Å². The third-order valence-corrected chi connectivity index (χ3v) is 9.14. The van der Waals surface area contributed by atoms with Gasteiger partial charge in [-0.2, -0.15) is 0 Å². The van der Waals surface area contributed by atoms with Crippen LogP contribution in [0.1, 0.15) is 81.6 Å². The van der Waals surface area contributed by atoms with Crippen LogP contribution in [0.4, 0.5) is 5.69 Å². The number of rotatable bonds is 16. The number of unbranched alkanes of at least 4 members (excludes halogenated alkanes) is 5. The maximum atomic E-state index is 13.1. The van der Waals surface area contributed by atoms with Gasteiger partial charge in [-0.1, -0.05) is 32.6 Å². The molecule has 3 N–H and O–H groups in total. The summed E-state index contributed by atoms with van der Waals surface area (Å²) in [6.07, 6.45) is 7.29. The van der Waals surface area contributed by atoms with Crippen molar-refractivity contribution in [2.75, 3.05) is 11.9 Å². The summed E-state index contributed by atoms with van der Waals surface area (Å²) in [6, 6.07) is 10.1. The first-order valence-corrected chi connectivity index (χ1v) is 16.8. The molecule has 10 nitrogen and oxygen atoms in total. The number of hydrogen-bond donors (Lipinski definition) is 3. The van der Waals surface area contributed by atoms with Crippen molar-refractivity contribution in [3.05, 3.63) is 53.6 Å². The van der Waals surface area contributed by atoms with Crippen molar-refractivity contribution in [1.82, 2.24) is 0 Å². The van der Waals surface area contributed by atoms with Crippen LogP contribution in [-0.2, 0) is 33.0 Å². The average Bonchev–Trinajstić information content (AvgIpc) is 2.88. The van der Waals surface area contributed by atoms with Crippen molar-refractivity contribution in [1.29, 1.82) is 0 Å². The minimum atomic E-state index is -5.73. The fourth-order valence-corrected chi connectivity index (χ4v) is 6.50. The molecule has 0 aliphatic heterocycles. The van der Waals surface area contributed by atoms with Crippen LogP contribution in [0.25, 0.3) is 0 Å². The minimum absolute atomic E-state index is 0.0869. The Bertz CT molecular complexity index is 1230. The number of Topliss-reactive ketones (excluding diaryl/α,β-unsaturated/α-hetero) is 1. The first-order valence-electron chi connectivity index (χ1n) is 13.4. The number of phenols is 1. The van der Waals surface area contributed by atoms with Crippen molar-refractivity contribution in [3.63, 3.8) is 0 Å². The van der Waals surface area contributed by atoms with Crippen LogP contribution in [0.5, 0.6) is 5.75 Å². The standard InChI is InChI=1S/C29H38AsNO9/c1-4-6-7-8-9-10-11-21-12-14-22(15-13-21)27(34)19-24(28(35)39-5-2)29(36)40-30(37,38)25-17-16-23(33)18-26(25)31-20(3)32/h12-18,24,33H,4-11,19H2,1-3H3,(H,31,32)(H,37,38). The third kappa shape index (κ3) is 10.3. The Kier molecular flexibility index (Phi) is 13.2. The Morgan fingerprint density at radius 1 is 0.925 bits per heavy atom. The van der Waals surface area contributed by atoms with E-state index in [0.29, 0.717) is 0 Å². The molecule has 0 fully saturated rings. The molecule has 2 rings (SSSR count). The molecule has 2 atom stereocenters. The number of anilines is 1. The predicted molar refractivity (Wildman–Crippen MR) is 149 cm³/mol. The molecule has 2 aromatic rings. The summed E-state index contributed by atoms with van der Waals surface area (Å²) in [4.78, 5) is 50.0. The summed E-state index contributed by atoms with van der Waals surface area (Å²) in [5.74, 6) is -5.69. The van der Waals surface area contributed by atoms with Gasteiger partial charge in [0.05, 0.1) is 0 Å². The van der Waals surface area contributed by atoms with E-state index in [-0.39, 0.29) is 23.6 Å². The van der Waals surface area contributed by atoms with Crippen molar-refractivity contribution < 1.29 is 40.6 Å². The first kappa shape index (κ1) is 32.8. The molecule has 40 heavy (non-hydrogen) atoms. The fourth-order valence-electron chi connectivity index (χ4n) is 4.07. The number of esters is 1. The Morgan fingerprint density at radius 3 is 2.20 bits per heavy atom. The summed E-state index contributed by atoms with van der Waals surface area (Å²) in [5.41, 5.74) is 1.12. The van der Waals surface area contributed by atoms with E-state index in [0.717, 1.165) is 49.9 Å². The summed E-state index contributed by atoms with van der Waals surface area (Å²) in [5, 5.41) is 12.0. The Labute approximate surface area is 237 Å². The Balaban J connectivity index is 2.14. The molecule has 0 aromatic heterocycles. The van der Waals surface area contributed by atoms with E-state index in [9.17, 15) is 32.1 Å². The van der Waals surface area contributed by atoms with Crippen molar-refractivity contribution in [2.24, 2.45) is 5.92 Å². The van der Waals surface area contributed by atoms with Gasteiger partial charge in [-0.25, -0.2) is 0 Å². The SMILES string of the molecule is CCCCCCCCc1ccc(C(=O)CC(C(=O)OCC)C(=O)O[As](=O)(O)c2ccc(O)cc2NC(C)=O)cc1. The molecule has 11 heteroatoms. The van der Waals surface area contributed by atoms with E-state index in [2.05, 4.69) is 12.2 Å². The van der Waals surface area contributed by atoms with E-state index in [1.54, 1.807) is 12.1 Å². The van der Waals surface area contributed by atoms with Crippen LogP contribution in [0.15, 0.2) is 42.5 Å². The number of ether oxygens (including phenoxy) is 1. The van der Waals surface area contributed by atoms with Gasteiger partial charge >= 0.3 is 205 Å². The topological polar surface area (TPSA) is 156 Å². The van der Waals surface area contributed by atoms with Crippen molar-refractivity contribution in [3.8, 4) is 5.75 Å². The van der Waals surface area contributed by atoms with Gasteiger partial charge in [-0.3, -0.25) is 0 Å². The number of carbonyl (C=O) groups is 4. The second kappa shape index (κ2) is 16.0. The first-order chi connectivity index (χ1) is 19.0. The normalized spacial score (nSPS) is 13.1. The van der Waals surface area contributed by atoms with Gasteiger partial charge in [0.1, 0.15) is 0 Å². The van der Waals surface area contributed by atoms with Crippen LogP contribution < -0.4 is 9.67 Å². The van der Waals surface area contributed by atoms with Crippen LogP contribution in [-0.4, -0.2) is 53.6 Å². The quantitative estimate of drug-likeness (QED) is 0.0836. The molecule has 0 aliphatic rings. The van der Waals surface area contributed by atoms with Crippen LogP contribution in [0.2, 0.25) is 0 Å². The molecule has 2 aromatic carbocycles. The summed E-state index contributed by atoms with van der Waals surface area (Å²) in [7, 11) is 0. The summed E-state index contributed by atoms with van der Waals surface area (Å²) >= 11 is -5.73. The van der Waals surface area contributed by atoms with Crippen LogP contribution in [0, 0.1) is 5.92 Å². The van der Waals surface area contributed by atoms with Crippen molar-refractivity contribution >= 4 is 47.8 Å². The zero-order valence-corrected chi connectivity index (χ0v) is 25.1. The van der Waals surface area contributed by atoms with Gasteiger partial charge in [0.25, 0.3) is 0 Å². The van der Waals surface area contributed by atoms with Gasteiger partial charge in [0, 0.05) is 0 Å². The molecule has 0 bridgehead atoms. The molecule has 0 spiro atoms. The zero-order chi connectivity index (χ0) is 29.7. The number of amides is 1. The van der Waals surface area contributed by atoms with Crippen LogP contribution >= 0.6 is 0 Å². The van der Waals surface area contributed by atoms with Gasteiger partial charge in [-0.15, -0.1) is 0 Å². The predicted octanol–water partition coefficient (Wildman–Crippen LogP) is 3.82. The molecular formula is C29H38AsNO9. The molecule has 0 saturated carbocycles. The monoisotopic (exact) mass is 619 g/mol. The molecule has 0 saturated heterocycles. The number of ketones is 1. The van der Waals surface area contributed by atoms with E-state index in [1.165, 1.54) is 32.6 Å². The van der Waals surface area contributed by atoms with Gasteiger partial charge in [-0.05, 0) is 0 Å². The Hall–Kier alpha value is -3.36. The molecule has 2 unspecified atom stereocenters. The average molecular weight is 620 g/mol. The van der Waals surface area contributed by atoms with Gasteiger partial charge in [0.15, 0.2) is 0 Å². The third-order valence-electron chi connectivity index (χ3n) is 6.15. The van der Waals surface area contributed by atoms with Gasteiger partial charge < -0.3 is 0 Å². The number of aromatic hydroxyl groups is 1. The van der Waals surface area contributed by atoms with Gasteiger partial charge in [0.2, 0.25) is 0 Å². The maximum absolute atomic E-state index is 13.1. The number of hydrogen-bond acceptors (Lipinski definition) is 8. The van der Waals surface area contributed by atoms with E-state index in [4.69, 9.17) is 8.46 Å². The summed E-state index contributed by atoms with van der Waals surface area (Å²) < 4.78 is 33.1. The number of phenolic OH excluding ortho intramolecular Hbond substituents is 1. The second-order valence-corrected chi connectivity index (χ2v) is 13.0. The zero-order valence-electron chi connectivity index (χ0n) is 23.2. The number of carbonyl (C=O) groups excluding carboxylic acids is 4.